The number of rotatable bonds is 8. The third kappa shape index (κ3) is 5.43. The van der Waals surface area contributed by atoms with Crippen molar-refractivity contribution in [1.29, 1.82) is 0 Å². The van der Waals surface area contributed by atoms with Crippen molar-refractivity contribution in [3.05, 3.63) is 40.3 Å². The average Bonchev–Trinajstić information content (AvgIpc) is 3.12. The number of carbonyl (C=O) groups is 1. The minimum atomic E-state index is -0.472. The Morgan fingerprint density at radius 2 is 2.12 bits per heavy atom. The number of benzene rings is 1. The van der Waals surface area contributed by atoms with E-state index in [1.165, 1.54) is 6.08 Å². The maximum absolute atomic E-state index is 11.8. The number of ether oxygens (including phenoxy) is 3. The van der Waals surface area contributed by atoms with Crippen LogP contribution in [0.25, 0.3) is 16.0 Å². The molecule has 1 aromatic rings. The topological polar surface area (TPSA) is 93.5 Å². The Morgan fingerprint density at radius 3 is 2.76 bits per heavy atom. The fourth-order valence-corrected chi connectivity index (χ4v) is 2.81. The molecular weight excluding hydrogens is 322 g/mol. The molecule has 0 atom stereocenters. The highest BCUT2D eigenvalue weighted by Gasteiger charge is 2.19. The highest BCUT2D eigenvalue weighted by atomic mass is 16.5. The van der Waals surface area contributed by atoms with Crippen LogP contribution >= 0.6 is 0 Å². The molecule has 1 saturated carbocycles. The quantitative estimate of drug-likeness (QED) is 0.231. The van der Waals surface area contributed by atoms with Crippen LogP contribution < -0.4 is 9.47 Å². The van der Waals surface area contributed by atoms with Crippen molar-refractivity contribution >= 4 is 11.5 Å². The SMILES string of the molecule is CCOC(=O)/C=C(\CN=[N+]=[N-])c1ccc(OC)c(OC2CCCC2)c1. The lowest BCUT2D eigenvalue weighted by atomic mass is 10.0. The van der Waals surface area contributed by atoms with Crippen LogP contribution in [0.4, 0.5) is 0 Å². The van der Waals surface area contributed by atoms with E-state index in [0.29, 0.717) is 17.1 Å². The van der Waals surface area contributed by atoms with Gasteiger partial charge < -0.3 is 14.2 Å². The molecule has 0 saturated heterocycles. The summed E-state index contributed by atoms with van der Waals surface area (Å²) in [6.07, 6.45) is 5.91. The number of methoxy groups -OCH3 is 1. The van der Waals surface area contributed by atoms with Crippen molar-refractivity contribution in [3.63, 3.8) is 0 Å². The van der Waals surface area contributed by atoms with Crippen LogP contribution in [0, 0.1) is 0 Å². The molecule has 1 aliphatic rings. The van der Waals surface area contributed by atoms with Gasteiger partial charge in [0.25, 0.3) is 0 Å². The van der Waals surface area contributed by atoms with Crippen LogP contribution in [0.2, 0.25) is 0 Å². The minimum absolute atomic E-state index is 0.0461. The van der Waals surface area contributed by atoms with E-state index >= 15 is 0 Å². The molecule has 7 nitrogen and oxygen atoms in total. The fourth-order valence-electron chi connectivity index (χ4n) is 2.81. The van der Waals surface area contributed by atoms with Crippen molar-refractivity contribution in [2.75, 3.05) is 20.3 Å². The van der Waals surface area contributed by atoms with Crippen LogP contribution in [-0.4, -0.2) is 32.3 Å². The normalized spacial score (nSPS) is 14.7. The second kappa shape index (κ2) is 9.59. The van der Waals surface area contributed by atoms with E-state index in [0.717, 1.165) is 31.2 Å². The summed E-state index contributed by atoms with van der Waals surface area (Å²) < 4.78 is 16.4. The molecule has 0 N–H and O–H groups in total. The van der Waals surface area contributed by atoms with Crippen molar-refractivity contribution in [2.45, 2.75) is 38.7 Å². The van der Waals surface area contributed by atoms with Crippen molar-refractivity contribution in [2.24, 2.45) is 5.11 Å². The Balaban J connectivity index is 2.32. The molecule has 0 aliphatic heterocycles. The van der Waals surface area contributed by atoms with Gasteiger partial charge in [0.05, 0.1) is 26.4 Å². The van der Waals surface area contributed by atoms with Crippen LogP contribution in [0.15, 0.2) is 29.4 Å². The molecule has 0 bridgehead atoms. The summed E-state index contributed by atoms with van der Waals surface area (Å²) in [5.74, 6) is 0.789. The number of nitrogens with zero attached hydrogens (tertiary/aromatic N) is 3. The second-order valence-corrected chi connectivity index (χ2v) is 5.70. The van der Waals surface area contributed by atoms with Gasteiger partial charge >= 0.3 is 5.97 Å². The molecule has 7 heteroatoms. The van der Waals surface area contributed by atoms with Crippen LogP contribution in [0.1, 0.15) is 38.2 Å². The molecule has 134 valence electrons. The van der Waals surface area contributed by atoms with Gasteiger partial charge in [-0.3, -0.25) is 0 Å². The molecule has 1 aromatic carbocycles. The van der Waals surface area contributed by atoms with E-state index in [4.69, 9.17) is 19.7 Å². The maximum atomic E-state index is 11.8. The minimum Gasteiger partial charge on any atom is -0.493 e. The average molecular weight is 345 g/mol. The number of carbonyl (C=O) groups excluding carboxylic acids is 1. The summed E-state index contributed by atoms with van der Waals surface area (Å²) in [7, 11) is 1.59. The third-order valence-corrected chi connectivity index (χ3v) is 4.01. The van der Waals surface area contributed by atoms with Crippen molar-refractivity contribution < 1.29 is 19.0 Å². The molecule has 0 amide bonds. The van der Waals surface area contributed by atoms with Gasteiger partial charge in [0.2, 0.25) is 0 Å². The molecule has 25 heavy (non-hydrogen) atoms. The third-order valence-electron chi connectivity index (χ3n) is 4.01. The van der Waals surface area contributed by atoms with E-state index in [2.05, 4.69) is 10.0 Å². The molecule has 0 aromatic heterocycles. The molecule has 0 unspecified atom stereocenters. The lowest BCUT2D eigenvalue weighted by Crippen LogP contribution is -2.12. The maximum Gasteiger partial charge on any atom is 0.331 e. The molecule has 1 aliphatic carbocycles. The van der Waals surface area contributed by atoms with E-state index in [1.54, 1.807) is 26.2 Å². The summed E-state index contributed by atoms with van der Waals surface area (Å²) in [6.45, 7) is 2.06. The Kier molecular flexibility index (Phi) is 7.16. The summed E-state index contributed by atoms with van der Waals surface area (Å²) in [5.41, 5.74) is 9.89. The predicted molar refractivity (Wildman–Crippen MR) is 94.5 cm³/mol. The highest BCUT2D eigenvalue weighted by molar-refractivity contribution is 5.92. The summed E-state index contributed by atoms with van der Waals surface area (Å²) in [6, 6.07) is 5.40. The van der Waals surface area contributed by atoms with E-state index in [-0.39, 0.29) is 19.3 Å². The first-order valence-corrected chi connectivity index (χ1v) is 8.41. The Bertz CT molecular complexity index is 675. The zero-order valence-corrected chi connectivity index (χ0v) is 14.6. The first kappa shape index (κ1) is 18.7. The zero-order valence-electron chi connectivity index (χ0n) is 14.6. The lowest BCUT2D eigenvalue weighted by molar-refractivity contribution is -0.137. The van der Waals surface area contributed by atoms with Gasteiger partial charge in [0.15, 0.2) is 11.5 Å². The summed E-state index contributed by atoms with van der Waals surface area (Å²) in [5, 5.41) is 3.57. The first-order chi connectivity index (χ1) is 12.2. The van der Waals surface area contributed by atoms with Crippen LogP contribution in [0.5, 0.6) is 11.5 Å². The van der Waals surface area contributed by atoms with Gasteiger partial charge in [-0.15, -0.1) is 0 Å². The van der Waals surface area contributed by atoms with Gasteiger partial charge in [0.1, 0.15) is 0 Å². The standard InChI is InChI=1S/C18H23N3O4/c1-3-24-18(22)11-14(12-20-21-19)13-8-9-16(23-2)17(10-13)25-15-6-4-5-7-15/h8-11,15H,3-7,12H2,1-2H3/b14-11+. The van der Waals surface area contributed by atoms with E-state index in [9.17, 15) is 4.79 Å². The first-order valence-electron chi connectivity index (χ1n) is 8.41. The Hall–Kier alpha value is -2.66. The number of hydrogen-bond acceptors (Lipinski definition) is 5. The number of hydrogen-bond donors (Lipinski definition) is 0. The summed E-state index contributed by atoms with van der Waals surface area (Å²) in [4.78, 5) is 14.6. The number of azide groups is 1. The molecule has 0 radical (unpaired) electrons. The van der Waals surface area contributed by atoms with Crippen LogP contribution in [-0.2, 0) is 9.53 Å². The van der Waals surface area contributed by atoms with Crippen LogP contribution in [0.3, 0.4) is 0 Å². The van der Waals surface area contributed by atoms with Gasteiger partial charge in [-0.05, 0) is 61.4 Å². The van der Waals surface area contributed by atoms with E-state index in [1.807, 2.05) is 6.07 Å². The highest BCUT2D eigenvalue weighted by Crippen LogP contribution is 2.34. The van der Waals surface area contributed by atoms with E-state index < -0.39 is 5.97 Å². The smallest absolute Gasteiger partial charge is 0.331 e. The molecular formula is C18H23N3O4. The largest absolute Gasteiger partial charge is 0.493 e. The monoisotopic (exact) mass is 345 g/mol. The molecule has 1 fully saturated rings. The lowest BCUT2D eigenvalue weighted by Gasteiger charge is -2.17. The van der Waals surface area contributed by atoms with Crippen molar-refractivity contribution in [1.82, 2.24) is 0 Å². The van der Waals surface area contributed by atoms with Gasteiger partial charge in [-0.1, -0.05) is 11.2 Å². The fraction of sp³-hybridized carbons (Fsp3) is 0.500. The number of esters is 1. The second-order valence-electron chi connectivity index (χ2n) is 5.70. The zero-order chi connectivity index (χ0) is 18.1. The Morgan fingerprint density at radius 1 is 1.36 bits per heavy atom. The van der Waals surface area contributed by atoms with Gasteiger partial charge in [-0.2, -0.15) is 0 Å². The van der Waals surface area contributed by atoms with Gasteiger partial charge in [-0.25, -0.2) is 4.79 Å². The summed E-state index contributed by atoms with van der Waals surface area (Å²) >= 11 is 0. The predicted octanol–water partition coefficient (Wildman–Crippen LogP) is 4.27. The molecule has 2 rings (SSSR count). The van der Waals surface area contributed by atoms with Gasteiger partial charge in [0, 0.05) is 11.0 Å². The Labute approximate surface area is 147 Å². The van der Waals surface area contributed by atoms with Crippen molar-refractivity contribution in [3.8, 4) is 11.5 Å². The molecule has 0 heterocycles. The molecule has 0 spiro atoms.